The molecule has 0 spiro atoms. The van der Waals surface area contributed by atoms with Crippen molar-refractivity contribution in [2.45, 2.75) is 90.4 Å². The summed E-state index contributed by atoms with van der Waals surface area (Å²) in [6.45, 7) is 9.98. The second kappa shape index (κ2) is 11.1. The molecule has 0 bridgehead atoms. The Kier molecular flexibility index (Phi) is 7.87. The van der Waals surface area contributed by atoms with Crippen LogP contribution in [0.5, 0.6) is 0 Å². The van der Waals surface area contributed by atoms with Crippen molar-refractivity contribution in [3.63, 3.8) is 0 Å². The average Bonchev–Trinajstić information content (AvgIpc) is 3.49. The number of likely N-dealkylation sites (tertiary alicyclic amines) is 2. The van der Waals surface area contributed by atoms with E-state index >= 15 is 0 Å². The molecule has 3 aliphatic rings. The minimum Gasteiger partial charge on any atom is -0.465 e. The molecule has 2 saturated heterocycles. The molecule has 0 unspecified atom stereocenters. The molecule has 1 amide bonds. The highest BCUT2D eigenvalue weighted by Crippen LogP contribution is 2.38. The molecule has 0 atom stereocenters. The molecule has 7 heteroatoms. The molecule has 198 valence electrons. The van der Waals surface area contributed by atoms with Crippen molar-refractivity contribution < 1.29 is 14.3 Å². The first-order valence-electron chi connectivity index (χ1n) is 14.1. The molecule has 5 rings (SSSR count). The Morgan fingerprint density at radius 2 is 1.72 bits per heavy atom. The van der Waals surface area contributed by atoms with E-state index in [2.05, 4.69) is 33.5 Å². The molecule has 2 aromatic rings. The zero-order chi connectivity index (χ0) is 25.2. The number of amides is 1. The molecular formula is C29H43FN4O2. The normalized spacial score (nSPS) is 24.7. The van der Waals surface area contributed by atoms with Crippen LogP contribution in [0.15, 0.2) is 18.2 Å². The molecule has 6 nitrogen and oxygen atoms in total. The summed E-state index contributed by atoms with van der Waals surface area (Å²) in [6, 6.07) is 6.12. The summed E-state index contributed by atoms with van der Waals surface area (Å²) in [5.41, 5.74) is 3.15. The van der Waals surface area contributed by atoms with Gasteiger partial charge in [-0.05, 0) is 100 Å². The summed E-state index contributed by atoms with van der Waals surface area (Å²) in [6.07, 6.45) is 8.78. The number of carbonyl (C=O) groups is 1. The van der Waals surface area contributed by atoms with E-state index in [9.17, 15) is 14.3 Å². The van der Waals surface area contributed by atoms with Crippen molar-refractivity contribution in [3.05, 3.63) is 35.3 Å². The fraction of sp³-hybridized carbons (Fsp3) is 0.690. The first-order valence-corrected chi connectivity index (χ1v) is 14.1. The number of piperidine rings is 1. The van der Waals surface area contributed by atoms with Gasteiger partial charge in [0.05, 0.1) is 6.54 Å². The van der Waals surface area contributed by atoms with Crippen LogP contribution < -0.4 is 5.32 Å². The minimum atomic E-state index is -1.02. The third-order valence-electron chi connectivity index (χ3n) is 9.23. The van der Waals surface area contributed by atoms with Gasteiger partial charge in [0.2, 0.25) is 0 Å². The van der Waals surface area contributed by atoms with Crippen LogP contribution in [0.4, 0.5) is 9.18 Å². The van der Waals surface area contributed by atoms with Gasteiger partial charge in [-0.2, -0.15) is 0 Å². The highest BCUT2D eigenvalue weighted by atomic mass is 19.1. The molecule has 1 aromatic heterocycles. The zero-order valence-corrected chi connectivity index (χ0v) is 22.0. The molecule has 0 radical (unpaired) electrons. The Balaban J connectivity index is 1.39. The standard InChI is InChI=1S/C29H43FN4O2/c1-20(2)21-5-8-23(9-6-21)33-15-11-24(12-16-33)34-27-10-7-22(30)17-25(27)26(19-32-13-3-4-14-32)28(34)18-31-29(35)36/h7,10,17,20-21,23-24,31H,3-6,8-9,11-16,18-19H2,1-2H3,(H,35,36)/t21-,23+. The number of hydrogen-bond donors (Lipinski definition) is 2. The highest BCUT2D eigenvalue weighted by molar-refractivity contribution is 5.86. The third-order valence-corrected chi connectivity index (χ3v) is 9.23. The summed E-state index contributed by atoms with van der Waals surface area (Å²) in [5.74, 6) is 1.44. The number of rotatable bonds is 7. The molecule has 3 heterocycles. The van der Waals surface area contributed by atoms with E-state index < -0.39 is 6.09 Å². The van der Waals surface area contributed by atoms with Gasteiger partial charge in [-0.25, -0.2) is 9.18 Å². The van der Waals surface area contributed by atoms with Crippen molar-refractivity contribution in [2.75, 3.05) is 26.2 Å². The highest BCUT2D eigenvalue weighted by Gasteiger charge is 2.32. The van der Waals surface area contributed by atoms with E-state index in [0.717, 1.165) is 79.6 Å². The van der Waals surface area contributed by atoms with Gasteiger partial charge in [0.25, 0.3) is 0 Å². The maximum absolute atomic E-state index is 14.4. The predicted octanol–water partition coefficient (Wildman–Crippen LogP) is 6.00. The van der Waals surface area contributed by atoms with E-state index in [1.165, 1.54) is 38.5 Å². The van der Waals surface area contributed by atoms with Crippen molar-refractivity contribution in [3.8, 4) is 0 Å². The molecular weight excluding hydrogens is 455 g/mol. The molecule has 3 fully saturated rings. The SMILES string of the molecule is CC(C)[C@H]1CC[C@@H](N2CCC(n3c(CNC(=O)O)c(CN4CCCC4)c4cc(F)ccc43)CC2)CC1. The van der Waals surface area contributed by atoms with E-state index in [4.69, 9.17) is 0 Å². The number of nitrogens with one attached hydrogen (secondary N) is 1. The molecule has 1 aliphatic carbocycles. The topological polar surface area (TPSA) is 60.7 Å². The number of benzene rings is 1. The van der Waals surface area contributed by atoms with Crippen LogP contribution in [-0.4, -0.2) is 57.8 Å². The van der Waals surface area contributed by atoms with E-state index in [-0.39, 0.29) is 12.4 Å². The minimum absolute atomic E-state index is 0.230. The van der Waals surface area contributed by atoms with Gasteiger partial charge in [-0.15, -0.1) is 0 Å². The Bertz CT molecular complexity index is 1050. The lowest BCUT2D eigenvalue weighted by molar-refractivity contribution is 0.0888. The monoisotopic (exact) mass is 498 g/mol. The molecule has 2 aliphatic heterocycles. The van der Waals surface area contributed by atoms with Crippen molar-refractivity contribution >= 4 is 17.0 Å². The molecule has 1 aromatic carbocycles. The number of halogens is 1. The van der Waals surface area contributed by atoms with Gasteiger partial charge < -0.3 is 19.9 Å². The first-order chi connectivity index (χ1) is 17.4. The lowest BCUT2D eigenvalue weighted by atomic mass is 9.79. The number of hydrogen-bond acceptors (Lipinski definition) is 3. The Morgan fingerprint density at radius 1 is 1.03 bits per heavy atom. The van der Waals surface area contributed by atoms with Gasteiger partial charge in [-0.3, -0.25) is 4.90 Å². The quantitative estimate of drug-likeness (QED) is 0.492. The van der Waals surface area contributed by atoms with Crippen LogP contribution in [0.1, 0.15) is 82.5 Å². The summed E-state index contributed by atoms with van der Waals surface area (Å²) >= 11 is 0. The molecule has 1 saturated carbocycles. The van der Waals surface area contributed by atoms with Crippen LogP contribution in [0.2, 0.25) is 0 Å². The number of fused-ring (bicyclic) bond motifs is 1. The molecule has 2 N–H and O–H groups in total. The fourth-order valence-electron chi connectivity index (χ4n) is 7.16. The van der Waals surface area contributed by atoms with Crippen molar-refractivity contribution in [2.24, 2.45) is 11.8 Å². The van der Waals surface area contributed by atoms with Crippen molar-refractivity contribution in [1.29, 1.82) is 0 Å². The summed E-state index contributed by atoms with van der Waals surface area (Å²) in [4.78, 5) is 16.6. The largest absolute Gasteiger partial charge is 0.465 e. The van der Waals surface area contributed by atoms with E-state index in [1.54, 1.807) is 12.1 Å². The Morgan fingerprint density at radius 3 is 2.36 bits per heavy atom. The van der Waals surface area contributed by atoms with Crippen molar-refractivity contribution in [1.82, 2.24) is 19.7 Å². The van der Waals surface area contributed by atoms with Crippen LogP contribution in [0.25, 0.3) is 10.9 Å². The second-order valence-corrected chi connectivity index (χ2v) is 11.7. The Hall–Kier alpha value is -2.12. The maximum Gasteiger partial charge on any atom is 0.404 e. The van der Waals surface area contributed by atoms with Gasteiger partial charge in [0.15, 0.2) is 0 Å². The maximum atomic E-state index is 14.4. The average molecular weight is 499 g/mol. The smallest absolute Gasteiger partial charge is 0.404 e. The summed E-state index contributed by atoms with van der Waals surface area (Å²) in [7, 11) is 0. The fourth-order valence-corrected chi connectivity index (χ4v) is 7.16. The van der Waals surface area contributed by atoms with E-state index in [1.807, 2.05) is 6.07 Å². The zero-order valence-electron chi connectivity index (χ0n) is 22.0. The van der Waals surface area contributed by atoms with Crippen LogP contribution >= 0.6 is 0 Å². The lowest BCUT2D eigenvalue weighted by Gasteiger charge is -2.42. The lowest BCUT2D eigenvalue weighted by Crippen LogP contribution is -2.44. The van der Waals surface area contributed by atoms with Crippen LogP contribution in [-0.2, 0) is 13.1 Å². The summed E-state index contributed by atoms with van der Waals surface area (Å²) < 4.78 is 16.8. The predicted molar refractivity (Wildman–Crippen MR) is 142 cm³/mol. The third kappa shape index (κ3) is 5.42. The van der Waals surface area contributed by atoms with Crippen LogP contribution in [0, 0.1) is 17.7 Å². The molecule has 36 heavy (non-hydrogen) atoms. The Labute approximate surface area is 214 Å². The van der Waals surface area contributed by atoms with Gasteiger partial charge >= 0.3 is 6.09 Å². The van der Waals surface area contributed by atoms with Gasteiger partial charge in [0.1, 0.15) is 5.82 Å². The number of carboxylic acid groups (broad SMARTS) is 1. The van der Waals surface area contributed by atoms with Crippen LogP contribution in [0.3, 0.4) is 0 Å². The number of nitrogens with zero attached hydrogens (tertiary/aromatic N) is 3. The number of aromatic nitrogens is 1. The first kappa shape index (κ1) is 25.5. The van der Waals surface area contributed by atoms with E-state index in [0.29, 0.717) is 12.1 Å². The second-order valence-electron chi connectivity index (χ2n) is 11.7. The van der Waals surface area contributed by atoms with Gasteiger partial charge in [-0.1, -0.05) is 13.8 Å². The summed E-state index contributed by atoms with van der Waals surface area (Å²) in [5, 5.41) is 13.0. The van der Waals surface area contributed by atoms with Gasteiger partial charge in [0, 0.05) is 48.3 Å².